The molecule has 3 aliphatic rings. The molecule has 12 nitrogen and oxygen atoms in total. The van der Waals surface area contributed by atoms with Crippen molar-refractivity contribution < 1.29 is 45.1 Å². The van der Waals surface area contributed by atoms with Crippen LogP contribution in [0.1, 0.15) is 96.7 Å². The molecule has 8 rings (SSSR count). The Morgan fingerprint density at radius 3 is 2.44 bits per heavy atom. The van der Waals surface area contributed by atoms with Gasteiger partial charge in [-0.3, -0.25) is 38.4 Å². The molecule has 3 amide bonds. The minimum absolute atomic E-state index is 0.0581. The number of alkyl halides is 7. The summed E-state index contributed by atoms with van der Waals surface area (Å²) in [6.07, 6.45) is -3.14. The number of rotatable bonds is 8. The highest BCUT2D eigenvalue weighted by Crippen LogP contribution is 2.44. The SMILES string of the molecule is Cn1c(=O)n(C2CCC(=O)NC2=O)c2cccc(C3CCN(C[C@H]4CC[C@H](n5cc6cc(NC(=O)c7cccc(C(F)(F)F)n7)c(C(F)F)cc6n5)CC4)CC3(F)F)c21. The minimum atomic E-state index is -4.80. The van der Waals surface area contributed by atoms with Crippen LogP contribution in [0.3, 0.4) is 0 Å². The third kappa shape index (κ3) is 7.71. The predicted octanol–water partition coefficient (Wildman–Crippen LogP) is 7.13. The second kappa shape index (κ2) is 15.2. The normalized spacial score (nSPS) is 22.9. The molecule has 0 spiro atoms. The van der Waals surface area contributed by atoms with E-state index in [1.54, 1.807) is 34.0 Å². The van der Waals surface area contributed by atoms with Crippen LogP contribution in [0.4, 0.5) is 36.4 Å². The molecule has 2 aromatic carbocycles. The van der Waals surface area contributed by atoms with Gasteiger partial charge in [-0.25, -0.2) is 27.3 Å². The second-order valence-corrected chi connectivity index (χ2v) is 15.7. The van der Waals surface area contributed by atoms with Crippen molar-refractivity contribution in [3.8, 4) is 0 Å². The molecule has 1 saturated carbocycles. The Labute approximate surface area is 331 Å². The number of aryl methyl sites for hydroxylation is 1. The number of hydrogen-bond acceptors (Lipinski definition) is 7. The van der Waals surface area contributed by atoms with E-state index in [0.717, 1.165) is 18.2 Å². The lowest BCUT2D eigenvalue weighted by Gasteiger charge is -2.41. The standard InChI is InChI=1S/C40H39F7N8O4/c1-52-34-24(4-2-6-30(34)55(38(52)59)31-12-13-33(56)50-37(31)58)26-14-15-53(20-39(26,43)44)18-21-8-10-23(11-9-21)54-19-22-16-29(25(35(41)42)17-28(22)51-54)49-36(57)27-5-3-7-32(48-27)40(45,46)47/h2-7,16-17,19,21,23,26,31,35H,8-15,18,20H2,1H3,(H,49,57)(H,50,56,58)/t21-,23-,26?,31?. The first-order valence-electron chi connectivity index (χ1n) is 19.3. The number of imidazole rings is 1. The molecule has 0 bridgehead atoms. The van der Waals surface area contributed by atoms with E-state index in [9.17, 15) is 41.1 Å². The minimum Gasteiger partial charge on any atom is -0.320 e. The molecular weight excluding hydrogens is 789 g/mol. The van der Waals surface area contributed by atoms with Gasteiger partial charge in [0.2, 0.25) is 11.8 Å². The van der Waals surface area contributed by atoms with Crippen LogP contribution in [0, 0.1) is 5.92 Å². The molecule has 1 aliphatic carbocycles. The summed E-state index contributed by atoms with van der Waals surface area (Å²) in [7, 11) is 1.50. The Bertz CT molecular complexity index is 2520. The molecule has 2 N–H and O–H groups in total. The molecule has 2 atom stereocenters. The van der Waals surface area contributed by atoms with Gasteiger partial charge in [-0.2, -0.15) is 18.3 Å². The first-order valence-corrected chi connectivity index (χ1v) is 19.3. The summed E-state index contributed by atoms with van der Waals surface area (Å²) in [6.45, 7) is 0.375. The molecule has 2 unspecified atom stereocenters. The lowest BCUT2D eigenvalue weighted by Crippen LogP contribution is -2.49. The number of para-hydroxylation sites is 1. The molecule has 59 heavy (non-hydrogen) atoms. The van der Waals surface area contributed by atoms with Crippen LogP contribution < -0.4 is 16.3 Å². The smallest absolute Gasteiger partial charge is 0.320 e. The maximum absolute atomic E-state index is 16.1. The fourth-order valence-electron chi connectivity index (χ4n) is 8.97. The topological polar surface area (TPSA) is 136 Å². The number of nitrogens with one attached hydrogen (secondary N) is 2. The quantitative estimate of drug-likeness (QED) is 0.126. The lowest BCUT2D eigenvalue weighted by molar-refractivity contribution is -0.141. The predicted molar refractivity (Wildman–Crippen MR) is 200 cm³/mol. The number of carbonyl (C=O) groups is 3. The van der Waals surface area contributed by atoms with Crippen LogP contribution in [0.25, 0.3) is 21.9 Å². The highest BCUT2D eigenvalue weighted by molar-refractivity contribution is 6.04. The fraction of sp³-hybridized carbons (Fsp3) is 0.450. The molecular formula is C40H39F7N8O4. The number of halogens is 7. The first-order chi connectivity index (χ1) is 28.0. The number of benzene rings is 2. The van der Waals surface area contributed by atoms with Crippen LogP contribution in [0.2, 0.25) is 0 Å². The van der Waals surface area contributed by atoms with Crippen molar-refractivity contribution in [1.82, 2.24) is 34.1 Å². The molecule has 3 fully saturated rings. The Morgan fingerprint density at radius 2 is 1.75 bits per heavy atom. The summed E-state index contributed by atoms with van der Waals surface area (Å²) in [5, 5.41) is 9.49. The molecule has 5 aromatic rings. The van der Waals surface area contributed by atoms with Gasteiger partial charge >= 0.3 is 11.9 Å². The number of carbonyl (C=O) groups excluding carboxylic acids is 3. The molecule has 312 valence electrons. The van der Waals surface area contributed by atoms with Crippen LogP contribution in [-0.2, 0) is 22.8 Å². The van der Waals surface area contributed by atoms with Gasteiger partial charge in [0, 0.05) is 37.2 Å². The number of pyridine rings is 1. The molecule has 0 radical (unpaired) electrons. The summed E-state index contributed by atoms with van der Waals surface area (Å²) in [6, 6.07) is 8.98. The van der Waals surface area contributed by atoms with E-state index in [2.05, 4.69) is 20.7 Å². The third-order valence-corrected chi connectivity index (χ3v) is 11.9. The van der Waals surface area contributed by atoms with Crippen LogP contribution in [0.15, 0.2) is 59.5 Å². The van der Waals surface area contributed by atoms with Gasteiger partial charge in [0.15, 0.2) is 0 Å². The van der Waals surface area contributed by atoms with Gasteiger partial charge in [0.25, 0.3) is 18.3 Å². The van der Waals surface area contributed by atoms with Gasteiger partial charge in [-0.1, -0.05) is 18.2 Å². The molecule has 3 aromatic heterocycles. The monoisotopic (exact) mass is 828 g/mol. The molecule has 2 aliphatic heterocycles. The number of nitrogens with zero attached hydrogens (tertiary/aromatic N) is 6. The van der Waals surface area contributed by atoms with Crippen molar-refractivity contribution in [1.29, 1.82) is 0 Å². The van der Waals surface area contributed by atoms with Gasteiger partial charge in [0.1, 0.15) is 17.4 Å². The van der Waals surface area contributed by atoms with Gasteiger partial charge in [-0.15, -0.1) is 0 Å². The van der Waals surface area contributed by atoms with Crippen molar-refractivity contribution >= 4 is 45.3 Å². The van der Waals surface area contributed by atoms with Crippen molar-refractivity contribution in [2.75, 3.05) is 25.0 Å². The average Bonchev–Trinajstić information content (AvgIpc) is 3.71. The Morgan fingerprint density at radius 1 is 1.00 bits per heavy atom. The van der Waals surface area contributed by atoms with Crippen molar-refractivity contribution in [2.24, 2.45) is 13.0 Å². The number of likely N-dealkylation sites (tertiary alicyclic amines) is 1. The summed E-state index contributed by atoms with van der Waals surface area (Å²) < 4.78 is 104. The zero-order chi connectivity index (χ0) is 42.0. The van der Waals surface area contributed by atoms with E-state index >= 15 is 8.78 Å². The number of aromatic nitrogens is 5. The largest absolute Gasteiger partial charge is 0.433 e. The van der Waals surface area contributed by atoms with Gasteiger partial charge in [0.05, 0.1) is 40.7 Å². The highest BCUT2D eigenvalue weighted by Gasteiger charge is 2.47. The molecule has 5 heterocycles. The summed E-state index contributed by atoms with van der Waals surface area (Å²) in [5.74, 6) is -6.31. The summed E-state index contributed by atoms with van der Waals surface area (Å²) >= 11 is 0. The number of anilines is 1. The highest BCUT2D eigenvalue weighted by atomic mass is 19.4. The van der Waals surface area contributed by atoms with E-state index in [4.69, 9.17) is 0 Å². The first kappa shape index (κ1) is 40.2. The number of piperidine rings is 2. The van der Waals surface area contributed by atoms with Gasteiger partial charge in [-0.05, 0) is 86.9 Å². The Kier molecular flexibility index (Phi) is 10.4. The van der Waals surface area contributed by atoms with E-state index in [1.165, 1.54) is 22.2 Å². The van der Waals surface area contributed by atoms with E-state index < -0.39 is 77.4 Å². The average molecular weight is 829 g/mol. The van der Waals surface area contributed by atoms with Gasteiger partial charge < -0.3 is 5.32 Å². The lowest BCUT2D eigenvalue weighted by atomic mass is 9.83. The number of fused-ring (bicyclic) bond motifs is 2. The Balaban J connectivity index is 0.917. The maximum atomic E-state index is 16.1. The van der Waals surface area contributed by atoms with Crippen molar-refractivity contribution in [3.05, 3.63) is 87.7 Å². The van der Waals surface area contributed by atoms with Crippen molar-refractivity contribution in [2.45, 2.75) is 81.5 Å². The van der Waals surface area contributed by atoms with E-state index in [-0.39, 0.29) is 42.4 Å². The summed E-state index contributed by atoms with van der Waals surface area (Å²) in [5.41, 5.74) is -1.99. The summed E-state index contributed by atoms with van der Waals surface area (Å²) in [4.78, 5) is 55.7. The zero-order valence-corrected chi connectivity index (χ0v) is 31.6. The second-order valence-electron chi connectivity index (χ2n) is 15.7. The zero-order valence-electron chi connectivity index (χ0n) is 31.6. The number of amides is 3. The van der Waals surface area contributed by atoms with Crippen LogP contribution >= 0.6 is 0 Å². The van der Waals surface area contributed by atoms with E-state index in [0.29, 0.717) is 66.8 Å². The molecule has 19 heteroatoms. The number of imide groups is 1. The van der Waals surface area contributed by atoms with Crippen molar-refractivity contribution in [3.63, 3.8) is 0 Å². The Hall–Kier alpha value is -5.59. The maximum Gasteiger partial charge on any atom is 0.433 e. The van der Waals surface area contributed by atoms with Crippen LogP contribution in [0.5, 0.6) is 0 Å². The third-order valence-electron chi connectivity index (χ3n) is 11.9. The number of hydrogen-bond donors (Lipinski definition) is 2. The fourth-order valence-corrected chi connectivity index (χ4v) is 8.97. The van der Waals surface area contributed by atoms with Crippen LogP contribution in [-0.4, -0.2) is 72.1 Å². The molecule has 2 saturated heterocycles. The van der Waals surface area contributed by atoms with E-state index in [1.807, 2.05) is 0 Å².